The second-order valence-corrected chi connectivity index (χ2v) is 9.00. The van der Waals surface area contributed by atoms with Gasteiger partial charge in [-0.1, -0.05) is 24.3 Å². The number of hydrogen-bond donors (Lipinski definition) is 0. The molecule has 0 N–H and O–H groups in total. The van der Waals surface area contributed by atoms with E-state index in [2.05, 4.69) is 6.92 Å². The molecule has 154 valence electrons. The molecular formula is C23H22N2O3S2. The third-order valence-electron chi connectivity index (χ3n) is 4.69. The van der Waals surface area contributed by atoms with Crippen molar-refractivity contribution in [3.63, 3.8) is 0 Å². The number of fused-ring (bicyclic) bond motifs is 1. The number of thioether (sulfide) groups is 1. The number of nitrogens with zero attached hydrogens (tertiary/aromatic N) is 2. The van der Waals surface area contributed by atoms with Crippen molar-refractivity contribution in [2.45, 2.75) is 25.3 Å². The Labute approximate surface area is 183 Å². The highest BCUT2D eigenvalue weighted by molar-refractivity contribution is 7.99. The number of furan rings is 1. The van der Waals surface area contributed by atoms with E-state index in [1.807, 2.05) is 55.5 Å². The minimum absolute atomic E-state index is 0.116. The molecule has 0 unspecified atom stereocenters. The largest absolute Gasteiger partial charge is 0.494 e. The number of rotatable bonds is 7. The number of methoxy groups -OCH3 is 1. The minimum atomic E-state index is -0.116. The summed E-state index contributed by atoms with van der Waals surface area (Å²) in [6, 6.07) is 15.3. The fraction of sp³-hybridized carbons (Fsp3) is 0.217. The van der Waals surface area contributed by atoms with Crippen LogP contribution >= 0.6 is 23.1 Å². The third kappa shape index (κ3) is 4.08. The van der Waals surface area contributed by atoms with E-state index in [-0.39, 0.29) is 5.91 Å². The van der Waals surface area contributed by atoms with Crippen molar-refractivity contribution in [2.75, 3.05) is 17.8 Å². The fourth-order valence-corrected chi connectivity index (χ4v) is 4.89. The monoisotopic (exact) mass is 438 g/mol. The molecule has 0 saturated carbocycles. The van der Waals surface area contributed by atoms with Crippen LogP contribution in [0.4, 0.5) is 5.13 Å². The molecule has 30 heavy (non-hydrogen) atoms. The quantitative estimate of drug-likeness (QED) is 0.323. The van der Waals surface area contributed by atoms with Gasteiger partial charge in [-0.2, -0.15) is 0 Å². The van der Waals surface area contributed by atoms with Crippen LogP contribution in [0.5, 0.6) is 5.75 Å². The number of anilines is 1. The summed E-state index contributed by atoms with van der Waals surface area (Å²) in [4.78, 5) is 21.1. The SMILES string of the molecule is CCSc1ccc(C(=O)N(Cc2ccco2)c2nc3c(OC)ccc(C)c3s2)cc1. The molecular weight excluding hydrogens is 416 g/mol. The first-order chi connectivity index (χ1) is 14.6. The Balaban J connectivity index is 1.75. The molecule has 2 heterocycles. The summed E-state index contributed by atoms with van der Waals surface area (Å²) in [6.45, 7) is 4.45. The average molecular weight is 439 g/mol. The number of hydrogen-bond acceptors (Lipinski definition) is 6. The highest BCUT2D eigenvalue weighted by Crippen LogP contribution is 2.37. The third-order valence-corrected chi connectivity index (χ3v) is 6.80. The molecule has 2 aromatic heterocycles. The van der Waals surface area contributed by atoms with Crippen LogP contribution in [0.15, 0.2) is 64.1 Å². The van der Waals surface area contributed by atoms with Crippen molar-refractivity contribution in [3.8, 4) is 5.75 Å². The molecule has 4 aromatic rings. The minimum Gasteiger partial charge on any atom is -0.494 e. The Hall–Kier alpha value is -2.77. The lowest BCUT2D eigenvalue weighted by Crippen LogP contribution is -2.30. The van der Waals surface area contributed by atoms with Crippen LogP contribution in [-0.4, -0.2) is 23.8 Å². The highest BCUT2D eigenvalue weighted by Gasteiger charge is 2.24. The first-order valence-corrected chi connectivity index (χ1v) is 11.4. The Morgan fingerprint density at radius 1 is 1.20 bits per heavy atom. The van der Waals surface area contributed by atoms with Gasteiger partial charge in [0.25, 0.3) is 5.91 Å². The molecule has 0 aliphatic rings. The topological polar surface area (TPSA) is 55.6 Å². The van der Waals surface area contributed by atoms with Crippen LogP contribution < -0.4 is 9.64 Å². The zero-order chi connectivity index (χ0) is 21.1. The number of carbonyl (C=O) groups excluding carboxylic acids is 1. The van der Waals surface area contributed by atoms with E-state index in [1.165, 1.54) is 11.3 Å². The van der Waals surface area contributed by atoms with E-state index in [0.717, 1.165) is 26.4 Å². The maximum absolute atomic E-state index is 13.5. The molecule has 0 bridgehead atoms. The van der Waals surface area contributed by atoms with Crippen molar-refractivity contribution in [3.05, 3.63) is 71.7 Å². The number of aromatic nitrogens is 1. The summed E-state index contributed by atoms with van der Waals surface area (Å²) in [5.74, 6) is 2.27. The second kappa shape index (κ2) is 8.93. The number of aryl methyl sites for hydroxylation is 1. The zero-order valence-electron chi connectivity index (χ0n) is 17.0. The molecule has 0 radical (unpaired) electrons. The molecule has 2 aromatic carbocycles. The first-order valence-electron chi connectivity index (χ1n) is 9.62. The molecule has 0 aliphatic heterocycles. The number of thiazole rings is 1. The predicted molar refractivity (Wildman–Crippen MR) is 123 cm³/mol. The van der Waals surface area contributed by atoms with Crippen molar-refractivity contribution in [1.29, 1.82) is 0 Å². The number of benzene rings is 2. The lowest BCUT2D eigenvalue weighted by Gasteiger charge is -2.19. The van der Waals surface area contributed by atoms with E-state index in [0.29, 0.717) is 28.7 Å². The van der Waals surface area contributed by atoms with E-state index < -0.39 is 0 Å². The van der Waals surface area contributed by atoms with E-state index >= 15 is 0 Å². The highest BCUT2D eigenvalue weighted by atomic mass is 32.2. The van der Waals surface area contributed by atoms with Gasteiger partial charge in [-0.05, 0) is 60.7 Å². The van der Waals surface area contributed by atoms with Crippen LogP contribution in [-0.2, 0) is 6.54 Å². The molecule has 0 saturated heterocycles. The summed E-state index contributed by atoms with van der Waals surface area (Å²) in [6.07, 6.45) is 1.61. The number of carbonyl (C=O) groups is 1. The van der Waals surface area contributed by atoms with Gasteiger partial charge in [0, 0.05) is 10.5 Å². The van der Waals surface area contributed by atoms with E-state index in [9.17, 15) is 4.79 Å². The van der Waals surface area contributed by atoms with Crippen LogP contribution in [0.25, 0.3) is 10.2 Å². The molecule has 0 aliphatic carbocycles. The molecule has 7 heteroatoms. The van der Waals surface area contributed by atoms with Crippen molar-refractivity contribution in [2.24, 2.45) is 0 Å². The molecule has 0 atom stereocenters. The van der Waals surface area contributed by atoms with Gasteiger partial charge in [-0.3, -0.25) is 9.69 Å². The standard InChI is InChI=1S/C23H22N2O3S2/c1-4-29-18-10-8-16(9-11-18)22(26)25(14-17-6-5-13-28-17)23-24-20-19(27-3)12-7-15(2)21(20)30-23/h5-13H,4,14H2,1-3H3. The molecule has 5 nitrogen and oxygen atoms in total. The Bertz CT molecular complexity index is 1150. The Morgan fingerprint density at radius 2 is 2.00 bits per heavy atom. The van der Waals surface area contributed by atoms with Gasteiger partial charge in [-0.25, -0.2) is 4.98 Å². The normalized spacial score (nSPS) is 11.0. The Kier molecular flexibility index (Phi) is 6.11. The summed E-state index contributed by atoms with van der Waals surface area (Å²) in [7, 11) is 1.63. The van der Waals surface area contributed by atoms with Crippen molar-refractivity contribution >= 4 is 44.4 Å². The molecule has 0 spiro atoms. The van der Waals surface area contributed by atoms with E-state index in [4.69, 9.17) is 14.1 Å². The summed E-state index contributed by atoms with van der Waals surface area (Å²) in [5.41, 5.74) is 2.48. The smallest absolute Gasteiger partial charge is 0.260 e. The molecule has 1 amide bonds. The number of amides is 1. The summed E-state index contributed by atoms with van der Waals surface area (Å²) >= 11 is 3.23. The average Bonchev–Trinajstić information content (AvgIpc) is 3.43. The van der Waals surface area contributed by atoms with Crippen LogP contribution in [0.3, 0.4) is 0 Å². The van der Waals surface area contributed by atoms with Gasteiger partial charge in [-0.15, -0.1) is 11.8 Å². The zero-order valence-corrected chi connectivity index (χ0v) is 18.7. The van der Waals surface area contributed by atoms with Crippen LogP contribution in [0, 0.1) is 6.92 Å². The van der Waals surface area contributed by atoms with Gasteiger partial charge >= 0.3 is 0 Å². The maximum atomic E-state index is 13.5. The first kappa shape index (κ1) is 20.5. The van der Waals surface area contributed by atoms with E-state index in [1.54, 1.807) is 30.0 Å². The fourth-order valence-electron chi connectivity index (χ4n) is 3.18. The van der Waals surface area contributed by atoms with Gasteiger partial charge in [0.15, 0.2) is 5.13 Å². The van der Waals surface area contributed by atoms with Gasteiger partial charge in [0.1, 0.15) is 17.0 Å². The number of ether oxygens (including phenoxy) is 1. The Morgan fingerprint density at radius 3 is 2.67 bits per heavy atom. The maximum Gasteiger partial charge on any atom is 0.260 e. The predicted octanol–water partition coefficient (Wildman–Crippen LogP) is 6.17. The van der Waals surface area contributed by atoms with Crippen molar-refractivity contribution in [1.82, 2.24) is 4.98 Å². The summed E-state index contributed by atoms with van der Waals surface area (Å²) < 4.78 is 12.0. The van der Waals surface area contributed by atoms with Gasteiger partial charge in [0.05, 0.1) is 24.6 Å². The summed E-state index contributed by atoms with van der Waals surface area (Å²) in [5, 5.41) is 0.617. The van der Waals surface area contributed by atoms with Gasteiger partial charge in [0.2, 0.25) is 0 Å². The van der Waals surface area contributed by atoms with Crippen LogP contribution in [0.1, 0.15) is 28.6 Å². The van der Waals surface area contributed by atoms with Gasteiger partial charge < -0.3 is 9.15 Å². The second-order valence-electron chi connectivity index (χ2n) is 6.69. The lowest BCUT2D eigenvalue weighted by molar-refractivity contribution is 0.0983. The molecule has 4 rings (SSSR count). The lowest BCUT2D eigenvalue weighted by atomic mass is 10.2. The van der Waals surface area contributed by atoms with Crippen LogP contribution in [0.2, 0.25) is 0 Å². The van der Waals surface area contributed by atoms with Crippen molar-refractivity contribution < 1.29 is 13.9 Å². The molecule has 0 fully saturated rings.